The van der Waals surface area contributed by atoms with Crippen molar-refractivity contribution in [2.45, 2.75) is 0 Å². The number of aromatic nitrogens is 4. The summed E-state index contributed by atoms with van der Waals surface area (Å²) < 4.78 is 1.24. The van der Waals surface area contributed by atoms with Crippen molar-refractivity contribution in [1.82, 2.24) is 19.9 Å². The number of imidazole rings is 1. The van der Waals surface area contributed by atoms with E-state index in [1.165, 1.54) is 9.21 Å². The molecule has 0 aliphatic carbocycles. The molecule has 0 spiro atoms. The molecule has 0 fully saturated rings. The monoisotopic (exact) mass is 328 g/mol. The number of hydrogen-bond acceptors (Lipinski definition) is 4. The minimum absolute atomic E-state index is 0.709. The van der Waals surface area contributed by atoms with Crippen molar-refractivity contribution < 1.29 is 0 Å². The van der Waals surface area contributed by atoms with Crippen LogP contribution in [0.15, 0.2) is 24.0 Å². The summed E-state index contributed by atoms with van der Waals surface area (Å²) in [6, 6.07) is 2.09. The van der Waals surface area contributed by atoms with Crippen molar-refractivity contribution in [2.24, 2.45) is 0 Å². The highest BCUT2D eigenvalue weighted by Crippen LogP contribution is 2.25. The zero-order valence-electron chi connectivity index (χ0n) is 7.44. The second kappa shape index (κ2) is 3.53. The molecular formula is C9H5IN4S. The topological polar surface area (TPSA) is 54.5 Å². The second-order valence-corrected chi connectivity index (χ2v) is 5.79. The molecule has 0 radical (unpaired) electrons. The quantitative estimate of drug-likeness (QED) is 0.699. The molecule has 3 aromatic heterocycles. The average molecular weight is 328 g/mol. The van der Waals surface area contributed by atoms with Crippen molar-refractivity contribution >= 4 is 45.1 Å². The standard InChI is InChI=1S/C9H5IN4S/c10-7-1-5(3-15-7)8-13-6-2-11-4-12-9(6)14-8/h1-4H,(H,11,12,13,14). The number of nitrogens with zero attached hydrogens (tertiary/aromatic N) is 3. The fourth-order valence-corrected chi connectivity index (χ4v) is 2.66. The Labute approximate surface area is 103 Å². The Morgan fingerprint density at radius 1 is 1.40 bits per heavy atom. The molecule has 6 heteroatoms. The van der Waals surface area contributed by atoms with Crippen molar-refractivity contribution in [3.63, 3.8) is 0 Å². The van der Waals surface area contributed by atoms with Gasteiger partial charge in [0.25, 0.3) is 0 Å². The minimum atomic E-state index is 0.709. The number of thiophene rings is 1. The van der Waals surface area contributed by atoms with Crippen LogP contribution in [-0.2, 0) is 0 Å². The first-order valence-electron chi connectivity index (χ1n) is 4.23. The van der Waals surface area contributed by atoms with Crippen LogP contribution in [0, 0.1) is 2.88 Å². The molecule has 3 aromatic rings. The van der Waals surface area contributed by atoms with Crippen molar-refractivity contribution in [1.29, 1.82) is 0 Å². The summed E-state index contributed by atoms with van der Waals surface area (Å²) in [6.07, 6.45) is 3.24. The maximum absolute atomic E-state index is 4.39. The summed E-state index contributed by atoms with van der Waals surface area (Å²) in [7, 11) is 0. The van der Waals surface area contributed by atoms with Gasteiger partial charge in [-0.1, -0.05) is 0 Å². The largest absolute Gasteiger partial charge is 0.335 e. The average Bonchev–Trinajstić information content (AvgIpc) is 2.82. The van der Waals surface area contributed by atoms with Gasteiger partial charge in [-0.3, -0.25) is 0 Å². The number of aromatic amines is 1. The Bertz CT molecular complexity index is 582. The molecule has 15 heavy (non-hydrogen) atoms. The molecule has 1 N–H and O–H groups in total. The maximum atomic E-state index is 4.39. The van der Waals surface area contributed by atoms with Gasteiger partial charge in [0.15, 0.2) is 5.65 Å². The lowest BCUT2D eigenvalue weighted by Crippen LogP contribution is -1.76. The van der Waals surface area contributed by atoms with Crippen LogP contribution < -0.4 is 0 Å². The van der Waals surface area contributed by atoms with Crippen LogP contribution >= 0.6 is 33.9 Å². The predicted molar refractivity (Wildman–Crippen MR) is 67.7 cm³/mol. The maximum Gasteiger partial charge on any atom is 0.181 e. The molecule has 0 amide bonds. The smallest absolute Gasteiger partial charge is 0.181 e. The Hall–Kier alpha value is -1.02. The van der Waals surface area contributed by atoms with Crippen LogP contribution in [0.4, 0.5) is 0 Å². The van der Waals surface area contributed by atoms with E-state index in [0.29, 0.717) is 5.65 Å². The summed E-state index contributed by atoms with van der Waals surface area (Å²) in [5.74, 6) is 0.852. The van der Waals surface area contributed by atoms with Crippen molar-refractivity contribution in [2.75, 3.05) is 0 Å². The van der Waals surface area contributed by atoms with Gasteiger partial charge in [0.05, 0.1) is 9.08 Å². The summed E-state index contributed by atoms with van der Waals surface area (Å²) in [5.41, 5.74) is 2.68. The number of H-pyrrole nitrogens is 1. The molecule has 0 aliphatic heterocycles. The lowest BCUT2D eigenvalue weighted by atomic mass is 10.3. The third kappa shape index (κ3) is 1.63. The molecule has 0 unspecified atom stereocenters. The van der Waals surface area contributed by atoms with E-state index in [4.69, 9.17) is 0 Å². The highest BCUT2D eigenvalue weighted by Gasteiger charge is 2.07. The molecule has 0 saturated heterocycles. The van der Waals surface area contributed by atoms with Crippen LogP contribution in [0.25, 0.3) is 22.6 Å². The molecule has 3 heterocycles. The first kappa shape index (κ1) is 9.22. The van der Waals surface area contributed by atoms with E-state index in [1.807, 2.05) is 0 Å². The summed E-state index contributed by atoms with van der Waals surface area (Å²) in [4.78, 5) is 15.6. The molecule has 4 nitrogen and oxygen atoms in total. The van der Waals surface area contributed by atoms with E-state index in [-0.39, 0.29) is 0 Å². The number of nitrogens with one attached hydrogen (secondary N) is 1. The molecular weight excluding hydrogens is 323 g/mol. The zero-order chi connectivity index (χ0) is 10.3. The second-order valence-electron chi connectivity index (χ2n) is 2.98. The summed E-state index contributed by atoms with van der Waals surface area (Å²) >= 11 is 3.99. The van der Waals surface area contributed by atoms with E-state index in [2.05, 4.69) is 54.0 Å². The molecule has 0 atom stereocenters. The predicted octanol–water partition coefficient (Wildman–Crippen LogP) is 2.69. The molecule has 0 aliphatic rings. The normalized spacial score (nSPS) is 11.0. The summed E-state index contributed by atoms with van der Waals surface area (Å²) in [6.45, 7) is 0. The van der Waals surface area contributed by atoms with Gasteiger partial charge >= 0.3 is 0 Å². The van der Waals surface area contributed by atoms with E-state index < -0.39 is 0 Å². The number of hydrogen-bond donors (Lipinski definition) is 1. The third-order valence-corrected chi connectivity index (χ3v) is 3.79. The minimum Gasteiger partial charge on any atom is -0.335 e. The van der Waals surface area contributed by atoms with E-state index >= 15 is 0 Å². The fourth-order valence-electron chi connectivity index (χ4n) is 1.33. The van der Waals surface area contributed by atoms with Crippen LogP contribution in [0.2, 0.25) is 0 Å². The van der Waals surface area contributed by atoms with Crippen molar-refractivity contribution in [3.8, 4) is 11.4 Å². The van der Waals surface area contributed by atoms with E-state index in [1.54, 1.807) is 17.5 Å². The summed E-state index contributed by atoms with van der Waals surface area (Å²) in [5, 5.41) is 2.08. The first-order valence-corrected chi connectivity index (χ1v) is 6.19. The van der Waals surface area contributed by atoms with Crippen LogP contribution in [0.5, 0.6) is 0 Å². The van der Waals surface area contributed by atoms with Gasteiger partial charge in [-0.2, -0.15) is 0 Å². The fraction of sp³-hybridized carbons (Fsp3) is 0. The molecule has 0 aromatic carbocycles. The number of halogens is 1. The van der Waals surface area contributed by atoms with Crippen molar-refractivity contribution in [3.05, 3.63) is 26.9 Å². The highest BCUT2D eigenvalue weighted by molar-refractivity contribution is 14.1. The lowest BCUT2D eigenvalue weighted by molar-refractivity contribution is 1.20. The van der Waals surface area contributed by atoms with E-state index in [0.717, 1.165) is 16.9 Å². The van der Waals surface area contributed by atoms with Crippen LogP contribution in [-0.4, -0.2) is 19.9 Å². The lowest BCUT2D eigenvalue weighted by Gasteiger charge is -1.86. The van der Waals surface area contributed by atoms with Gasteiger partial charge in [-0.25, -0.2) is 15.0 Å². The number of rotatable bonds is 1. The highest BCUT2D eigenvalue weighted by atomic mass is 127. The van der Waals surface area contributed by atoms with Gasteiger partial charge in [0.1, 0.15) is 17.7 Å². The first-order chi connectivity index (χ1) is 7.33. The molecule has 74 valence electrons. The SMILES string of the molecule is Ic1cc(-c2nc3ncncc3[nH]2)cs1. The Balaban J connectivity index is 2.19. The van der Waals surface area contributed by atoms with Crippen LogP contribution in [0.3, 0.4) is 0 Å². The Kier molecular flexibility index (Phi) is 2.17. The van der Waals surface area contributed by atoms with E-state index in [9.17, 15) is 0 Å². The Morgan fingerprint density at radius 2 is 2.33 bits per heavy atom. The molecule has 0 saturated carbocycles. The van der Waals surface area contributed by atoms with Gasteiger partial charge in [0, 0.05) is 10.9 Å². The zero-order valence-corrected chi connectivity index (χ0v) is 10.4. The number of fused-ring (bicyclic) bond motifs is 1. The van der Waals surface area contributed by atoms with Gasteiger partial charge in [0.2, 0.25) is 0 Å². The van der Waals surface area contributed by atoms with Gasteiger partial charge in [-0.05, 0) is 28.7 Å². The Morgan fingerprint density at radius 3 is 3.07 bits per heavy atom. The van der Waals surface area contributed by atoms with Crippen LogP contribution in [0.1, 0.15) is 0 Å². The third-order valence-electron chi connectivity index (χ3n) is 2.00. The van der Waals surface area contributed by atoms with Gasteiger partial charge in [-0.15, -0.1) is 11.3 Å². The van der Waals surface area contributed by atoms with Gasteiger partial charge < -0.3 is 4.98 Å². The molecule has 3 rings (SSSR count). The molecule has 0 bridgehead atoms.